The molecule has 0 saturated carbocycles. The van der Waals surface area contributed by atoms with Crippen molar-refractivity contribution in [1.82, 2.24) is 9.80 Å². The zero-order chi connectivity index (χ0) is 23.2. The van der Waals surface area contributed by atoms with E-state index in [1.54, 1.807) is 0 Å². The molecule has 0 aromatic heterocycles. The molecule has 0 radical (unpaired) electrons. The fourth-order valence-corrected chi connectivity index (χ4v) is 4.65. The Morgan fingerprint density at radius 2 is 1.24 bits per heavy atom. The Balaban J connectivity index is 1.43. The van der Waals surface area contributed by atoms with E-state index in [0.29, 0.717) is 19.0 Å². The van der Waals surface area contributed by atoms with Crippen LogP contribution in [0.4, 0.5) is 0 Å². The van der Waals surface area contributed by atoms with Crippen LogP contribution in [0.1, 0.15) is 49.4 Å². The topological polar surface area (TPSA) is 32.8 Å². The fraction of sp³-hybridized carbons (Fsp3) is 0.345. The monoisotopic (exact) mass is 442 g/mol. The van der Waals surface area contributed by atoms with Crippen molar-refractivity contribution < 1.29 is 9.53 Å². The van der Waals surface area contributed by atoms with Crippen LogP contribution in [-0.4, -0.2) is 48.0 Å². The van der Waals surface area contributed by atoms with E-state index in [4.69, 9.17) is 4.74 Å². The SMILES string of the molecule is CC(Oc1ccccc1C(C)C)C(=O)N1CCN(C(c2ccccc2)c2ccccc2)CC1. The molecule has 1 unspecified atom stereocenters. The molecule has 1 atom stereocenters. The molecule has 172 valence electrons. The lowest BCUT2D eigenvalue weighted by Crippen LogP contribution is -2.52. The molecule has 0 spiro atoms. The third-order valence-corrected chi connectivity index (χ3v) is 6.41. The van der Waals surface area contributed by atoms with Crippen LogP contribution in [-0.2, 0) is 4.79 Å². The highest BCUT2D eigenvalue weighted by Gasteiger charge is 2.30. The van der Waals surface area contributed by atoms with Crippen molar-refractivity contribution in [3.8, 4) is 5.75 Å². The lowest BCUT2D eigenvalue weighted by Gasteiger charge is -2.40. The standard InChI is InChI=1S/C29H34N2O2/c1-22(2)26-16-10-11-17-27(26)33-23(3)29(32)31-20-18-30(19-21-31)28(24-12-6-4-7-13-24)25-14-8-5-9-15-25/h4-17,22-23,28H,18-21H2,1-3H3. The highest BCUT2D eigenvalue weighted by molar-refractivity contribution is 5.81. The molecule has 1 fully saturated rings. The third-order valence-electron chi connectivity index (χ3n) is 6.41. The van der Waals surface area contributed by atoms with E-state index in [-0.39, 0.29) is 11.9 Å². The Morgan fingerprint density at radius 1 is 0.727 bits per heavy atom. The van der Waals surface area contributed by atoms with Gasteiger partial charge in [-0.05, 0) is 35.6 Å². The second-order valence-electron chi connectivity index (χ2n) is 9.04. The smallest absolute Gasteiger partial charge is 0.263 e. The molecule has 33 heavy (non-hydrogen) atoms. The van der Waals surface area contributed by atoms with Gasteiger partial charge in [0.2, 0.25) is 0 Å². The van der Waals surface area contributed by atoms with Crippen LogP contribution in [0.5, 0.6) is 5.75 Å². The van der Waals surface area contributed by atoms with Crippen LogP contribution in [0.2, 0.25) is 0 Å². The van der Waals surface area contributed by atoms with Crippen molar-refractivity contribution in [2.75, 3.05) is 26.2 Å². The normalized spacial score (nSPS) is 15.6. The van der Waals surface area contributed by atoms with Gasteiger partial charge in [0.1, 0.15) is 5.75 Å². The second kappa shape index (κ2) is 10.7. The summed E-state index contributed by atoms with van der Waals surface area (Å²) in [6.07, 6.45) is -0.504. The van der Waals surface area contributed by atoms with Crippen molar-refractivity contribution in [2.24, 2.45) is 0 Å². The lowest BCUT2D eigenvalue weighted by molar-refractivity contribution is -0.140. The summed E-state index contributed by atoms with van der Waals surface area (Å²) in [4.78, 5) is 17.6. The Morgan fingerprint density at radius 3 is 1.79 bits per heavy atom. The summed E-state index contributed by atoms with van der Waals surface area (Å²) in [6.45, 7) is 9.21. The second-order valence-corrected chi connectivity index (χ2v) is 9.04. The van der Waals surface area contributed by atoms with Crippen molar-refractivity contribution in [3.63, 3.8) is 0 Å². The van der Waals surface area contributed by atoms with Gasteiger partial charge in [0, 0.05) is 26.2 Å². The average Bonchev–Trinajstić information content (AvgIpc) is 2.86. The predicted molar refractivity (Wildman–Crippen MR) is 134 cm³/mol. The fourth-order valence-electron chi connectivity index (χ4n) is 4.65. The minimum Gasteiger partial charge on any atom is -0.481 e. The maximum absolute atomic E-state index is 13.2. The van der Waals surface area contributed by atoms with Crippen molar-refractivity contribution in [2.45, 2.75) is 38.8 Å². The summed E-state index contributed by atoms with van der Waals surface area (Å²) in [5.41, 5.74) is 3.70. The molecular weight excluding hydrogens is 408 g/mol. The summed E-state index contributed by atoms with van der Waals surface area (Å²) in [5.74, 6) is 1.21. The Labute approximate surface area is 197 Å². The van der Waals surface area contributed by atoms with Gasteiger partial charge in [-0.2, -0.15) is 0 Å². The van der Waals surface area contributed by atoms with Gasteiger partial charge in [-0.3, -0.25) is 9.69 Å². The van der Waals surface area contributed by atoms with E-state index in [0.717, 1.165) is 24.4 Å². The third kappa shape index (κ3) is 5.45. The number of rotatable bonds is 7. The molecule has 4 rings (SSSR count). The number of hydrogen-bond donors (Lipinski definition) is 0. The van der Waals surface area contributed by atoms with Gasteiger partial charge < -0.3 is 9.64 Å². The number of carbonyl (C=O) groups is 1. The van der Waals surface area contributed by atoms with E-state index in [9.17, 15) is 4.79 Å². The predicted octanol–water partition coefficient (Wildman–Crippen LogP) is 5.51. The molecule has 1 heterocycles. The van der Waals surface area contributed by atoms with Gasteiger partial charge in [0.25, 0.3) is 5.91 Å². The molecular formula is C29H34N2O2. The molecule has 1 saturated heterocycles. The van der Waals surface area contributed by atoms with Gasteiger partial charge in [0.15, 0.2) is 6.10 Å². The first-order valence-electron chi connectivity index (χ1n) is 11.9. The highest BCUT2D eigenvalue weighted by Crippen LogP contribution is 2.30. The van der Waals surface area contributed by atoms with Crippen LogP contribution >= 0.6 is 0 Å². The molecule has 0 N–H and O–H groups in total. The van der Waals surface area contributed by atoms with Crippen LogP contribution in [0.3, 0.4) is 0 Å². The number of carbonyl (C=O) groups excluding carboxylic acids is 1. The summed E-state index contributed by atoms with van der Waals surface area (Å²) in [7, 11) is 0. The zero-order valence-corrected chi connectivity index (χ0v) is 19.9. The van der Waals surface area contributed by atoms with E-state index < -0.39 is 6.10 Å². The van der Waals surface area contributed by atoms with Crippen LogP contribution in [0, 0.1) is 0 Å². The van der Waals surface area contributed by atoms with E-state index in [1.807, 2.05) is 30.0 Å². The minimum atomic E-state index is -0.504. The number of nitrogens with zero attached hydrogens (tertiary/aromatic N) is 2. The van der Waals surface area contributed by atoms with E-state index in [2.05, 4.69) is 85.5 Å². The molecule has 4 nitrogen and oxygen atoms in total. The molecule has 3 aromatic carbocycles. The molecule has 3 aromatic rings. The maximum Gasteiger partial charge on any atom is 0.263 e. The molecule has 1 amide bonds. The number of ether oxygens (including phenoxy) is 1. The van der Waals surface area contributed by atoms with Gasteiger partial charge in [-0.25, -0.2) is 0 Å². The van der Waals surface area contributed by atoms with Gasteiger partial charge in [0.05, 0.1) is 6.04 Å². The molecule has 0 bridgehead atoms. The Bertz CT molecular complexity index is 988. The number of para-hydroxylation sites is 1. The summed E-state index contributed by atoms with van der Waals surface area (Å²) in [5, 5.41) is 0. The molecule has 1 aliphatic heterocycles. The summed E-state index contributed by atoms with van der Waals surface area (Å²) >= 11 is 0. The van der Waals surface area contributed by atoms with Gasteiger partial charge >= 0.3 is 0 Å². The first-order chi connectivity index (χ1) is 16.0. The number of amides is 1. The Kier molecular flexibility index (Phi) is 7.46. The van der Waals surface area contributed by atoms with Gasteiger partial charge in [-0.1, -0.05) is 92.7 Å². The quantitative estimate of drug-likeness (QED) is 0.484. The molecule has 1 aliphatic rings. The van der Waals surface area contributed by atoms with Crippen molar-refractivity contribution in [3.05, 3.63) is 102 Å². The lowest BCUT2D eigenvalue weighted by atomic mass is 9.96. The van der Waals surface area contributed by atoms with Crippen molar-refractivity contribution in [1.29, 1.82) is 0 Å². The van der Waals surface area contributed by atoms with Gasteiger partial charge in [-0.15, -0.1) is 0 Å². The van der Waals surface area contributed by atoms with E-state index >= 15 is 0 Å². The highest BCUT2D eigenvalue weighted by atomic mass is 16.5. The largest absolute Gasteiger partial charge is 0.481 e. The van der Waals surface area contributed by atoms with E-state index in [1.165, 1.54) is 11.1 Å². The first-order valence-corrected chi connectivity index (χ1v) is 11.9. The Hall–Kier alpha value is -3.11. The molecule has 0 aliphatic carbocycles. The van der Waals surface area contributed by atoms with Crippen molar-refractivity contribution >= 4 is 5.91 Å². The first kappa shape index (κ1) is 23.1. The summed E-state index contributed by atoms with van der Waals surface area (Å²) < 4.78 is 6.13. The zero-order valence-electron chi connectivity index (χ0n) is 19.9. The van der Waals surface area contributed by atoms with Crippen LogP contribution in [0.25, 0.3) is 0 Å². The van der Waals surface area contributed by atoms with Crippen LogP contribution < -0.4 is 4.74 Å². The number of hydrogen-bond acceptors (Lipinski definition) is 3. The number of benzene rings is 3. The average molecular weight is 443 g/mol. The van der Waals surface area contributed by atoms with Crippen LogP contribution in [0.15, 0.2) is 84.9 Å². The number of piperazine rings is 1. The minimum absolute atomic E-state index is 0.0594. The maximum atomic E-state index is 13.2. The molecule has 4 heteroatoms. The summed E-state index contributed by atoms with van der Waals surface area (Å²) in [6, 6.07) is 29.5.